The van der Waals surface area contributed by atoms with Gasteiger partial charge in [0.2, 0.25) is 5.91 Å². The van der Waals surface area contributed by atoms with Crippen LogP contribution in [-0.2, 0) is 17.8 Å². The molecule has 1 N–H and O–H groups in total. The number of ether oxygens (including phenoxy) is 1. The van der Waals surface area contributed by atoms with Crippen molar-refractivity contribution >= 4 is 17.5 Å². The number of fused-ring (bicyclic) bond motifs is 1. The molecular formula is C26H26N2O3. The third-order valence-electron chi connectivity index (χ3n) is 5.82. The van der Waals surface area contributed by atoms with Crippen LogP contribution in [0.1, 0.15) is 34.0 Å². The van der Waals surface area contributed by atoms with Gasteiger partial charge in [0.15, 0.2) is 0 Å². The Morgan fingerprint density at radius 1 is 1.06 bits per heavy atom. The molecule has 3 aromatic rings. The molecule has 0 aliphatic carbocycles. The van der Waals surface area contributed by atoms with Crippen LogP contribution >= 0.6 is 0 Å². The molecule has 1 heterocycles. The number of carbonyl (C=O) groups excluding carboxylic acids is 2. The second-order valence-electron chi connectivity index (χ2n) is 8.12. The lowest BCUT2D eigenvalue weighted by Crippen LogP contribution is -2.63. The first-order valence-electron chi connectivity index (χ1n) is 10.3. The van der Waals surface area contributed by atoms with Crippen LogP contribution in [0.3, 0.4) is 0 Å². The largest absolute Gasteiger partial charge is 0.497 e. The van der Waals surface area contributed by atoms with Crippen molar-refractivity contribution in [3.8, 4) is 5.75 Å². The predicted molar refractivity (Wildman–Crippen MR) is 121 cm³/mol. The molecule has 31 heavy (non-hydrogen) atoms. The molecule has 0 fully saturated rings. The van der Waals surface area contributed by atoms with E-state index < -0.39 is 5.54 Å². The number of methoxy groups -OCH3 is 1. The number of benzene rings is 3. The summed E-state index contributed by atoms with van der Waals surface area (Å²) in [6, 6.07) is 22.8. The molecule has 5 nitrogen and oxygen atoms in total. The number of rotatable bonds is 5. The van der Waals surface area contributed by atoms with E-state index in [0.717, 1.165) is 28.1 Å². The Hall–Kier alpha value is -3.60. The van der Waals surface area contributed by atoms with Crippen LogP contribution in [0.5, 0.6) is 5.75 Å². The van der Waals surface area contributed by atoms with Gasteiger partial charge in [-0.25, -0.2) is 0 Å². The maximum atomic E-state index is 13.5. The zero-order valence-corrected chi connectivity index (χ0v) is 18.0. The van der Waals surface area contributed by atoms with Gasteiger partial charge in [-0.15, -0.1) is 0 Å². The Labute approximate surface area is 182 Å². The van der Waals surface area contributed by atoms with Gasteiger partial charge in [0.05, 0.1) is 7.11 Å². The molecule has 3 aromatic carbocycles. The van der Waals surface area contributed by atoms with Gasteiger partial charge in [-0.2, -0.15) is 0 Å². The maximum Gasteiger partial charge on any atom is 0.259 e. The third kappa shape index (κ3) is 3.91. The molecule has 0 saturated heterocycles. The Kier molecular flexibility index (Phi) is 5.51. The van der Waals surface area contributed by atoms with Crippen LogP contribution in [-0.4, -0.2) is 24.5 Å². The summed E-state index contributed by atoms with van der Waals surface area (Å²) in [4.78, 5) is 28.7. The number of nitrogens with zero attached hydrogens (tertiary/aromatic N) is 1. The van der Waals surface area contributed by atoms with Gasteiger partial charge in [0.1, 0.15) is 11.3 Å². The smallest absolute Gasteiger partial charge is 0.259 e. The molecule has 1 aliphatic heterocycles. The highest BCUT2D eigenvalue weighted by Gasteiger charge is 2.47. The molecule has 4 rings (SSSR count). The Balaban J connectivity index is 1.69. The molecule has 0 saturated carbocycles. The lowest BCUT2D eigenvalue weighted by atomic mass is 9.82. The van der Waals surface area contributed by atoms with Gasteiger partial charge in [-0.1, -0.05) is 42.5 Å². The van der Waals surface area contributed by atoms with E-state index in [0.29, 0.717) is 18.5 Å². The second-order valence-corrected chi connectivity index (χ2v) is 8.12. The average Bonchev–Trinajstić information content (AvgIpc) is 2.77. The first-order chi connectivity index (χ1) is 14.9. The molecule has 5 heteroatoms. The topological polar surface area (TPSA) is 58.6 Å². The van der Waals surface area contributed by atoms with Crippen LogP contribution < -0.4 is 15.0 Å². The van der Waals surface area contributed by atoms with Crippen molar-refractivity contribution in [1.82, 2.24) is 5.32 Å². The summed E-state index contributed by atoms with van der Waals surface area (Å²) >= 11 is 0. The van der Waals surface area contributed by atoms with E-state index in [4.69, 9.17) is 4.74 Å². The molecule has 158 valence electrons. The standard InChI is InChI=1S/C26H26N2O3/c1-18-8-6-11-21(14-18)28-24(29)23-13-5-4-10-20(23)16-26(28,2)25(30)27-17-19-9-7-12-22(15-19)31-3/h4-15H,16-17H2,1-3H3,(H,27,30)/t26-/m1/s1. The molecule has 0 aromatic heterocycles. The normalized spacial score (nSPS) is 17.8. The fraction of sp³-hybridized carbons (Fsp3) is 0.231. The van der Waals surface area contributed by atoms with Gasteiger partial charge in [-0.3, -0.25) is 14.5 Å². The molecule has 0 bridgehead atoms. The van der Waals surface area contributed by atoms with E-state index in [2.05, 4.69) is 5.32 Å². The highest BCUT2D eigenvalue weighted by atomic mass is 16.5. The predicted octanol–water partition coefficient (Wildman–Crippen LogP) is 4.28. The van der Waals surface area contributed by atoms with Crippen LogP contribution in [0.4, 0.5) is 5.69 Å². The minimum absolute atomic E-state index is 0.161. The van der Waals surface area contributed by atoms with Crippen LogP contribution in [0, 0.1) is 6.92 Å². The number of hydrogen-bond donors (Lipinski definition) is 1. The van der Waals surface area contributed by atoms with E-state index in [-0.39, 0.29) is 11.8 Å². The highest BCUT2D eigenvalue weighted by molar-refractivity contribution is 6.14. The quantitative estimate of drug-likeness (QED) is 0.678. The molecule has 1 aliphatic rings. The first-order valence-corrected chi connectivity index (χ1v) is 10.3. The summed E-state index contributed by atoms with van der Waals surface area (Å²) in [6.45, 7) is 4.17. The van der Waals surface area contributed by atoms with E-state index in [1.54, 1.807) is 12.0 Å². The Bertz CT molecular complexity index is 1140. The lowest BCUT2D eigenvalue weighted by molar-refractivity contribution is -0.126. The van der Waals surface area contributed by atoms with E-state index in [9.17, 15) is 9.59 Å². The fourth-order valence-electron chi connectivity index (χ4n) is 4.18. The summed E-state index contributed by atoms with van der Waals surface area (Å²) in [5, 5.41) is 3.04. The van der Waals surface area contributed by atoms with Crippen molar-refractivity contribution in [3.05, 3.63) is 95.1 Å². The van der Waals surface area contributed by atoms with Gasteiger partial charge in [0.25, 0.3) is 5.91 Å². The highest BCUT2D eigenvalue weighted by Crippen LogP contribution is 2.36. The van der Waals surface area contributed by atoms with Gasteiger partial charge in [0, 0.05) is 24.2 Å². The fourth-order valence-corrected chi connectivity index (χ4v) is 4.18. The summed E-state index contributed by atoms with van der Waals surface area (Å²) in [6.07, 6.45) is 0.437. The van der Waals surface area contributed by atoms with Crippen LogP contribution in [0.15, 0.2) is 72.8 Å². The number of carbonyl (C=O) groups is 2. The van der Waals surface area contributed by atoms with Crippen molar-refractivity contribution in [1.29, 1.82) is 0 Å². The molecule has 0 radical (unpaired) electrons. The number of anilines is 1. The molecule has 0 spiro atoms. The number of aryl methyl sites for hydroxylation is 1. The molecule has 2 amide bonds. The lowest BCUT2D eigenvalue weighted by Gasteiger charge is -2.44. The summed E-state index contributed by atoms with van der Waals surface area (Å²) in [5.41, 5.74) is 3.15. The monoisotopic (exact) mass is 414 g/mol. The first kappa shape index (κ1) is 20.7. The van der Waals surface area contributed by atoms with Crippen molar-refractivity contribution in [2.24, 2.45) is 0 Å². The average molecular weight is 415 g/mol. The minimum atomic E-state index is -1.06. The van der Waals surface area contributed by atoms with E-state index in [1.165, 1.54) is 0 Å². The number of hydrogen-bond acceptors (Lipinski definition) is 3. The Morgan fingerprint density at radius 3 is 2.61 bits per heavy atom. The number of amides is 2. The van der Waals surface area contributed by atoms with Crippen LogP contribution in [0.25, 0.3) is 0 Å². The minimum Gasteiger partial charge on any atom is -0.497 e. The van der Waals surface area contributed by atoms with Crippen molar-refractivity contribution < 1.29 is 14.3 Å². The third-order valence-corrected chi connectivity index (χ3v) is 5.82. The Morgan fingerprint density at radius 2 is 1.84 bits per heavy atom. The van der Waals surface area contributed by atoms with Crippen molar-refractivity contribution in [2.45, 2.75) is 32.4 Å². The zero-order valence-electron chi connectivity index (χ0n) is 18.0. The van der Waals surface area contributed by atoms with Gasteiger partial charge < -0.3 is 10.1 Å². The molecule has 0 unspecified atom stereocenters. The van der Waals surface area contributed by atoms with Crippen molar-refractivity contribution in [2.75, 3.05) is 12.0 Å². The maximum absolute atomic E-state index is 13.5. The SMILES string of the molecule is COc1cccc(CNC(=O)[C@@]2(C)Cc3ccccc3C(=O)N2c2cccc(C)c2)c1. The van der Waals surface area contributed by atoms with Crippen LogP contribution in [0.2, 0.25) is 0 Å². The van der Waals surface area contributed by atoms with E-state index in [1.807, 2.05) is 86.6 Å². The zero-order chi connectivity index (χ0) is 22.0. The second kappa shape index (κ2) is 8.26. The molecular weight excluding hydrogens is 388 g/mol. The van der Waals surface area contributed by atoms with E-state index >= 15 is 0 Å². The van der Waals surface area contributed by atoms with Gasteiger partial charge in [-0.05, 0) is 60.9 Å². The van der Waals surface area contributed by atoms with Crippen molar-refractivity contribution in [3.63, 3.8) is 0 Å². The summed E-state index contributed by atoms with van der Waals surface area (Å²) in [7, 11) is 1.61. The number of nitrogens with one attached hydrogen (secondary N) is 1. The molecule has 1 atom stereocenters. The van der Waals surface area contributed by atoms with Gasteiger partial charge >= 0.3 is 0 Å². The summed E-state index contributed by atoms with van der Waals surface area (Å²) in [5.74, 6) is 0.382. The summed E-state index contributed by atoms with van der Waals surface area (Å²) < 4.78 is 5.27.